The van der Waals surface area contributed by atoms with Gasteiger partial charge < -0.3 is 5.73 Å². The fourth-order valence-corrected chi connectivity index (χ4v) is 3.05. The quantitative estimate of drug-likeness (QED) is 0.292. The summed E-state index contributed by atoms with van der Waals surface area (Å²) in [5, 5.41) is 1.17. The number of ketones is 1. The van der Waals surface area contributed by atoms with Crippen molar-refractivity contribution < 1.29 is 23.6 Å². The molecule has 0 aliphatic heterocycles. The maximum Gasteiger partial charge on any atom is 0.255 e. The number of hydrogen-bond donors (Lipinski definition) is 2. The van der Waals surface area contributed by atoms with Gasteiger partial charge in [-0.25, -0.2) is 4.39 Å². The minimum atomic E-state index is -0.744. The van der Waals surface area contributed by atoms with E-state index < -0.39 is 35.3 Å². The van der Waals surface area contributed by atoms with E-state index in [1.807, 2.05) is 13.8 Å². The van der Waals surface area contributed by atoms with Crippen molar-refractivity contribution in [3.8, 4) is 0 Å². The first-order chi connectivity index (χ1) is 14.5. The smallest absolute Gasteiger partial charge is 0.255 e. The van der Waals surface area contributed by atoms with Crippen LogP contribution >= 0.6 is 23.2 Å². The van der Waals surface area contributed by atoms with E-state index in [1.165, 1.54) is 24.3 Å². The highest BCUT2D eigenvalue weighted by molar-refractivity contribution is 6.30. The van der Waals surface area contributed by atoms with Gasteiger partial charge in [0, 0.05) is 29.3 Å². The third-order valence-corrected chi connectivity index (χ3v) is 4.69. The summed E-state index contributed by atoms with van der Waals surface area (Å²) in [5.74, 6) is -3.83. The summed E-state index contributed by atoms with van der Waals surface area (Å²) in [6.07, 6.45) is 2.58. The summed E-state index contributed by atoms with van der Waals surface area (Å²) in [6, 6.07) is 4.07. The van der Waals surface area contributed by atoms with Crippen molar-refractivity contribution in [2.45, 2.75) is 33.1 Å². The van der Waals surface area contributed by atoms with E-state index in [2.05, 4.69) is 5.43 Å². The standard InChI is InChI=1S/C21H26Cl2FN3O4/c1-13(2)9-15(21(31)26-27(20(30)12-22)8-7-19(25)29)10-17(28)6-4-14-3-5-16(23)11-18(14)24/h3-6,11,13,15H,7-10,12H2,1-2H3,(H2,25,29)(H,26,31)/b6-4+/t15-/m1/s1. The molecule has 3 amide bonds. The third kappa shape index (κ3) is 9.93. The molecule has 31 heavy (non-hydrogen) atoms. The van der Waals surface area contributed by atoms with E-state index >= 15 is 0 Å². The number of nitrogens with zero attached hydrogens (tertiary/aromatic N) is 1. The first kappa shape index (κ1) is 26.6. The number of primary amides is 1. The second-order valence-corrected chi connectivity index (χ2v) is 8.07. The second-order valence-electron chi connectivity index (χ2n) is 7.37. The predicted molar refractivity (Wildman–Crippen MR) is 117 cm³/mol. The van der Waals surface area contributed by atoms with Crippen molar-refractivity contribution in [3.63, 3.8) is 0 Å². The van der Waals surface area contributed by atoms with E-state index in [9.17, 15) is 23.6 Å². The molecule has 1 rings (SSSR count). The van der Waals surface area contributed by atoms with Gasteiger partial charge in [-0.1, -0.05) is 31.5 Å². The van der Waals surface area contributed by atoms with Crippen LogP contribution in [0.5, 0.6) is 0 Å². The molecule has 0 heterocycles. The fourth-order valence-electron chi connectivity index (χ4n) is 2.74. The number of rotatable bonds is 11. The number of hydrazine groups is 1. The molecule has 0 saturated heterocycles. The van der Waals surface area contributed by atoms with Crippen LogP contribution in [0.1, 0.15) is 38.7 Å². The van der Waals surface area contributed by atoms with Crippen LogP contribution in [0.25, 0.3) is 6.08 Å². The van der Waals surface area contributed by atoms with Crippen molar-refractivity contribution in [2.24, 2.45) is 17.6 Å². The summed E-state index contributed by atoms with van der Waals surface area (Å²) in [5.41, 5.74) is 7.71. The van der Waals surface area contributed by atoms with Gasteiger partial charge in [0.1, 0.15) is 11.7 Å². The van der Waals surface area contributed by atoms with Crippen LogP contribution in [0.15, 0.2) is 24.3 Å². The molecule has 170 valence electrons. The number of carbonyl (C=O) groups excluding carboxylic acids is 4. The zero-order chi connectivity index (χ0) is 23.6. The molecule has 0 saturated carbocycles. The van der Waals surface area contributed by atoms with Gasteiger partial charge >= 0.3 is 0 Å². The zero-order valence-electron chi connectivity index (χ0n) is 17.4. The lowest BCUT2D eigenvalue weighted by atomic mass is 9.91. The van der Waals surface area contributed by atoms with Crippen LogP contribution in [0.3, 0.4) is 0 Å². The molecule has 0 spiro atoms. The van der Waals surface area contributed by atoms with Crippen LogP contribution < -0.4 is 11.2 Å². The van der Waals surface area contributed by atoms with E-state index in [1.54, 1.807) is 0 Å². The number of nitrogens with one attached hydrogen (secondary N) is 1. The Bertz CT molecular complexity index is 846. The highest BCUT2D eigenvalue weighted by Crippen LogP contribution is 2.19. The number of carbonyl (C=O) groups is 4. The number of benzene rings is 1. The molecule has 1 aromatic rings. The highest BCUT2D eigenvalue weighted by atomic mass is 35.5. The van der Waals surface area contributed by atoms with Gasteiger partial charge in [-0.15, -0.1) is 11.6 Å². The van der Waals surface area contributed by atoms with E-state index in [0.29, 0.717) is 6.42 Å². The molecule has 0 bridgehead atoms. The Morgan fingerprint density at radius 2 is 1.94 bits per heavy atom. The molecule has 10 heteroatoms. The maximum absolute atomic E-state index is 13.9. The number of alkyl halides is 1. The van der Waals surface area contributed by atoms with Gasteiger partial charge in [-0.2, -0.15) is 0 Å². The lowest BCUT2D eigenvalue weighted by molar-refractivity contribution is -0.142. The monoisotopic (exact) mass is 473 g/mol. The number of hydrogen-bond acceptors (Lipinski definition) is 4. The predicted octanol–water partition coefficient (Wildman–Crippen LogP) is 3.09. The van der Waals surface area contributed by atoms with Crippen LogP contribution in [0, 0.1) is 17.7 Å². The molecule has 0 radical (unpaired) electrons. The van der Waals surface area contributed by atoms with Crippen molar-refractivity contribution in [2.75, 3.05) is 12.4 Å². The van der Waals surface area contributed by atoms with Gasteiger partial charge in [0.15, 0.2) is 5.78 Å². The summed E-state index contributed by atoms with van der Waals surface area (Å²) < 4.78 is 13.9. The van der Waals surface area contributed by atoms with Crippen LogP contribution in [0.2, 0.25) is 5.02 Å². The molecule has 0 aliphatic rings. The van der Waals surface area contributed by atoms with E-state index in [-0.39, 0.29) is 41.7 Å². The number of allylic oxidation sites excluding steroid dienone is 1. The van der Waals surface area contributed by atoms with E-state index in [4.69, 9.17) is 28.9 Å². The number of halogens is 3. The Kier molecular flexibility index (Phi) is 11.2. The Labute approximate surface area is 190 Å². The van der Waals surface area contributed by atoms with Crippen LogP contribution in [0.4, 0.5) is 4.39 Å². The Morgan fingerprint density at radius 3 is 2.48 bits per heavy atom. The maximum atomic E-state index is 13.9. The van der Waals surface area contributed by atoms with Gasteiger partial charge in [-0.05, 0) is 36.6 Å². The molecular formula is C21H26Cl2FN3O4. The van der Waals surface area contributed by atoms with Gasteiger partial charge in [0.2, 0.25) is 11.8 Å². The van der Waals surface area contributed by atoms with Crippen molar-refractivity contribution >= 4 is 52.8 Å². The molecule has 0 aromatic heterocycles. The second kappa shape index (κ2) is 13.1. The lowest BCUT2D eigenvalue weighted by Crippen LogP contribution is -2.50. The van der Waals surface area contributed by atoms with Gasteiger partial charge in [-0.3, -0.25) is 29.6 Å². The summed E-state index contributed by atoms with van der Waals surface area (Å²) in [6.45, 7) is 3.64. The Hall–Kier alpha value is -2.45. The number of nitrogens with two attached hydrogens (primary N) is 1. The third-order valence-electron chi connectivity index (χ3n) is 4.23. The molecule has 0 fully saturated rings. The van der Waals surface area contributed by atoms with Crippen molar-refractivity contribution in [1.29, 1.82) is 0 Å². The molecule has 1 aromatic carbocycles. The minimum absolute atomic E-state index is 0.0871. The van der Waals surface area contributed by atoms with Gasteiger partial charge in [0.25, 0.3) is 5.91 Å². The average Bonchev–Trinajstić information content (AvgIpc) is 2.68. The van der Waals surface area contributed by atoms with Crippen molar-refractivity contribution in [1.82, 2.24) is 10.4 Å². The largest absolute Gasteiger partial charge is 0.370 e. The zero-order valence-corrected chi connectivity index (χ0v) is 18.9. The Morgan fingerprint density at radius 1 is 1.26 bits per heavy atom. The summed E-state index contributed by atoms with van der Waals surface area (Å²) in [4.78, 5) is 48.1. The topological polar surface area (TPSA) is 110 Å². The highest BCUT2D eigenvalue weighted by Gasteiger charge is 2.25. The molecule has 1 atom stereocenters. The molecule has 7 nitrogen and oxygen atoms in total. The molecule has 0 unspecified atom stereocenters. The first-order valence-corrected chi connectivity index (χ1v) is 10.6. The average molecular weight is 474 g/mol. The normalized spacial score (nSPS) is 12.1. The minimum Gasteiger partial charge on any atom is -0.370 e. The fraction of sp³-hybridized carbons (Fsp3) is 0.429. The van der Waals surface area contributed by atoms with Crippen molar-refractivity contribution in [3.05, 3.63) is 40.7 Å². The molecule has 0 aliphatic carbocycles. The Balaban J connectivity index is 2.88. The van der Waals surface area contributed by atoms with Crippen LogP contribution in [-0.4, -0.2) is 40.9 Å². The first-order valence-electron chi connectivity index (χ1n) is 9.64. The molecular weight excluding hydrogens is 448 g/mol. The van der Waals surface area contributed by atoms with Gasteiger partial charge in [0.05, 0.1) is 6.54 Å². The number of amides is 3. The lowest BCUT2D eigenvalue weighted by Gasteiger charge is -2.25. The summed E-state index contributed by atoms with van der Waals surface area (Å²) in [7, 11) is 0. The van der Waals surface area contributed by atoms with E-state index in [0.717, 1.165) is 11.1 Å². The summed E-state index contributed by atoms with van der Waals surface area (Å²) >= 11 is 11.3. The molecule has 3 N–H and O–H groups in total. The SMILES string of the molecule is CC(C)C[C@H](CC(=O)/C=C/c1ccc(Cl)cc1F)C(=O)NN(CCC(N)=O)C(=O)CCl. The van der Waals surface area contributed by atoms with Crippen LogP contribution in [-0.2, 0) is 19.2 Å².